The number of nitrogens with one attached hydrogen (secondary N) is 1. The molecule has 0 atom stereocenters. The normalized spacial score (nSPS) is 16.1. The summed E-state index contributed by atoms with van der Waals surface area (Å²) in [7, 11) is 2.08. The van der Waals surface area contributed by atoms with Gasteiger partial charge < -0.3 is 15.0 Å². The molecule has 10 heteroatoms. The molecule has 0 bridgehead atoms. The third-order valence-corrected chi connectivity index (χ3v) is 5.80. The highest BCUT2D eigenvalue weighted by Crippen LogP contribution is 2.37. The molecule has 1 amide bonds. The van der Waals surface area contributed by atoms with Gasteiger partial charge in [0, 0.05) is 30.1 Å². The second kappa shape index (κ2) is 8.90. The zero-order valence-corrected chi connectivity index (χ0v) is 19.6. The summed E-state index contributed by atoms with van der Waals surface area (Å²) in [4.78, 5) is 19.1. The lowest BCUT2D eigenvalue weighted by Gasteiger charge is -2.28. The van der Waals surface area contributed by atoms with E-state index in [2.05, 4.69) is 27.3 Å². The van der Waals surface area contributed by atoms with Gasteiger partial charge in [0.05, 0.1) is 23.1 Å². The number of benzene rings is 1. The number of hydrogen-bond acceptors (Lipinski definition) is 5. The van der Waals surface area contributed by atoms with Crippen LogP contribution in [0.25, 0.3) is 16.9 Å². The zero-order valence-electron chi connectivity index (χ0n) is 19.6. The van der Waals surface area contributed by atoms with Gasteiger partial charge in [0.1, 0.15) is 6.10 Å². The Morgan fingerprint density at radius 1 is 1.12 bits per heavy atom. The van der Waals surface area contributed by atoms with Crippen LogP contribution in [-0.4, -0.2) is 51.6 Å². The van der Waals surface area contributed by atoms with Crippen molar-refractivity contribution < 1.29 is 22.7 Å². The fourth-order valence-electron chi connectivity index (χ4n) is 3.70. The molecule has 3 aromatic rings. The summed E-state index contributed by atoms with van der Waals surface area (Å²) in [6.07, 6.45) is -1.05. The molecule has 1 aliphatic heterocycles. The molecule has 1 aliphatic rings. The number of ether oxygens (including phenoxy) is 1. The number of likely N-dealkylation sites (tertiary alicyclic amines) is 1. The molecule has 34 heavy (non-hydrogen) atoms. The van der Waals surface area contributed by atoms with Crippen molar-refractivity contribution >= 4 is 17.2 Å². The van der Waals surface area contributed by atoms with Gasteiger partial charge in [-0.2, -0.15) is 13.2 Å². The first-order valence-electron chi connectivity index (χ1n) is 11.1. The van der Waals surface area contributed by atoms with Gasteiger partial charge >= 0.3 is 6.18 Å². The Labute approximate surface area is 195 Å². The highest BCUT2D eigenvalue weighted by Gasteiger charge is 2.35. The van der Waals surface area contributed by atoms with Crippen LogP contribution in [-0.2, 0) is 11.0 Å². The number of halogens is 3. The van der Waals surface area contributed by atoms with Crippen LogP contribution in [0.1, 0.15) is 39.2 Å². The van der Waals surface area contributed by atoms with E-state index in [0.717, 1.165) is 32.0 Å². The number of fused-ring (bicyclic) bond motifs is 1. The van der Waals surface area contributed by atoms with E-state index in [-0.39, 0.29) is 11.8 Å². The predicted octanol–water partition coefficient (Wildman–Crippen LogP) is 4.87. The van der Waals surface area contributed by atoms with E-state index in [9.17, 15) is 18.0 Å². The van der Waals surface area contributed by atoms with Crippen molar-refractivity contribution in [3.05, 3.63) is 42.1 Å². The van der Waals surface area contributed by atoms with Crippen LogP contribution >= 0.6 is 0 Å². The standard InChI is InChI=1S/C24H28F3N5O2/c1-23(2,3)22(33)29-18-13-15(5-6-17(18)24(25,26)27)19-14-32-20(28-19)7-8-21(30-32)34-16-9-11-31(4)12-10-16/h5-8,13-14,16H,9-12H2,1-4H3,(H,29,33). The van der Waals surface area contributed by atoms with E-state index in [1.165, 1.54) is 12.1 Å². The quantitative estimate of drug-likeness (QED) is 0.583. The number of rotatable bonds is 4. The Kier molecular flexibility index (Phi) is 6.28. The number of carbonyl (C=O) groups is 1. The van der Waals surface area contributed by atoms with E-state index in [0.29, 0.717) is 22.8 Å². The van der Waals surface area contributed by atoms with Crippen molar-refractivity contribution in [1.82, 2.24) is 19.5 Å². The molecule has 0 aliphatic carbocycles. The minimum Gasteiger partial charge on any atom is -0.473 e. The molecule has 1 aromatic carbocycles. The molecule has 2 aromatic heterocycles. The van der Waals surface area contributed by atoms with Crippen molar-refractivity contribution in [1.29, 1.82) is 0 Å². The monoisotopic (exact) mass is 475 g/mol. The summed E-state index contributed by atoms with van der Waals surface area (Å²) >= 11 is 0. The molecule has 0 radical (unpaired) electrons. The SMILES string of the molecule is CN1CCC(Oc2ccc3nc(-c4ccc(C(F)(F)F)c(NC(=O)C(C)(C)C)c4)cn3n2)CC1. The number of alkyl halides is 3. The van der Waals surface area contributed by atoms with Crippen LogP contribution in [0, 0.1) is 5.41 Å². The van der Waals surface area contributed by atoms with Gasteiger partial charge in [-0.15, -0.1) is 5.10 Å². The number of carbonyl (C=O) groups excluding carboxylic acids is 1. The summed E-state index contributed by atoms with van der Waals surface area (Å²) in [5.41, 5.74) is -0.670. The smallest absolute Gasteiger partial charge is 0.418 e. The number of anilines is 1. The van der Waals surface area contributed by atoms with Gasteiger partial charge in [-0.3, -0.25) is 4.79 Å². The van der Waals surface area contributed by atoms with Crippen molar-refractivity contribution in [2.24, 2.45) is 5.41 Å². The summed E-state index contributed by atoms with van der Waals surface area (Å²) in [6.45, 7) is 6.84. The third-order valence-electron chi connectivity index (χ3n) is 5.80. The Morgan fingerprint density at radius 2 is 1.82 bits per heavy atom. The number of piperidine rings is 1. The first-order valence-corrected chi connectivity index (χ1v) is 11.1. The molecule has 7 nitrogen and oxygen atoms in total. The van der Waals surface area contributed by atoms with Crippen molar-refractivity contribution in [3.8, 4) is 17.1 Å². The molecular weight excluding hydrogens is 447 g/mol. The molecule has 1 fully saturated rings. The molecule has 4 rings (SSSR count). The molecule has 1 saturated heterocycles. The number of amides is 1. The second-order valence-electron chi connectivity index (χ2n) is 9.68. The maximum atomic E-state index is 13.6. The predicted molar refractivity (Wildman–Crippen MR) is 123 cm³/mol. The average molecular weight is 476 g/mol. The van der Waals surface area contributed by atoms with Gasteiger partial charge in [0.25, 0.3) is 0 Å². The van der Waals surface area contributed by atoms with Gasteiger partial charge in [-0.05, 0) is 38.1 Å². The molecule has 0 unspecified atom stereocenters. The van der Waals surface area contributed by atoms with Crippen molar-refractivity contribution in [2.75, 3.05) is 25.5 Å². The summed E-state index contributed by atoms with van der Waals surface area (Å²) in [5.74, 6) is -0.0425. The minimum atomic E-state index is -4.61. The minimum absolute atomic E-state index is 0.0908. The summed E-state index contributed by atoms with van der Waals surface area (Å²) < 4.78 is 48.2. The van der Waals surface area contributed by atoms with Gasteiger partial charge in [-0.1, -0.05) is 26.8 Å². The van der Waals surface area contributed by atoms with Gasteiger partial charge in [0.2, 0.25) is 11.8 Å². The average Bonchev–Trinajstić information content (AvgIpc) is 3.17. The topological polar surface area (TPSA) is 71.8 Å². The van der Waals surface area contributed by atoms with Gasteiger partial charge in [-0.25, -0.2) is 9.50 Å². The zero-order chi connectivity index (χ0) is 24.7. The van der Waals surface area contributed by atoms with E-state index in [1.54, 1.807) is 43.6 Å². The first kappa shape index (κ1) is 24.0. The van der Waals surface area contributed by atoms with E-state index in [4.69, 9.17) is 4.74 Å². The first-order chi connectivity index (χ1) is 15.9. The Balaban J connectivity index is 1.62. The van der Waals surface area contributed by atoms with Crippen LogP contribution in [0.3, 0.4) is 0 Å². The van der Waals surface area contributed by atoms with E-state index in [1.807, 2.05) is 0 Å². The highest BCUT2D eigenvalue weighted by molar-refractivity contribution is 5.96. The van der Waals surface area contributed by atoms with Crippen LogP contribution < -0.4 is 10.1 Å². The van der Waals surface area contributed by atoms with Crippen molar-refractivity contribution in [2.45, 2.75) is 45.9 Å². The molecule has 182 valence electrons. The number of hydrogen-bond donors (Lipinski definition) is 1. The Hall–Kier alpha value is -3.14. The van der Waals surface area contributed by atoms with Crippen LogP contribution in [0.5, 0.6) is 5.88 Å². The number of aromatic nitrogens is 3. The lowest BCUT2D eigenvalue weighted by molar-refractivity contribution is -0.137. The van der Waals surface area contributed by atoms with Gasteiger partial charge in [0.15, 0.2) is 5.65 Å². The second-order valence-corrected chi connectivity index (χ2v) is 9.68. The van der Waals surface area contributed by atoms with E-state index >= 15 is 0 Å². The molecule has 0 saturated carbocycles. The lowest BCUT2D eigenvalue weighted by Crippen LogP contribution is -2.35. The van der Waals surface area contributed by atoms with Crippen LogP contribution in [0.4, 0.5) is 18.9 Å². The highest BCUT2D eigenvalue weighted by atomic mass is 19.4. The maximum absolute atomic E-state index is 13.6. The largest absolute Gasteiger partial charge is 0.473 e. The maximum Gasteiger partial charge on any atom is 0.418 e. The number of imidazole rings is 1. The summed E-state index contributed by atoms with van der Waals surface area (Å²) in [6, 6.07) is 7.09. The van der Waals surface area contributed by atoms with Crippen LogP contribution in [0.15, 0.2) is 36.5 Å². The van der Waals surface area contributed by atoms with Crippen LogP contribution in [0.2, 0.25) is 0 Å². The molecule has 1 N–H and O–H groups in total. The summed E-state index contributed by atoms with van der Waals surface area (Å²) in [5, 5.41) is 6.89. The molecule has 3 heterocycles. The third kappa shape index (κ3) is 5.32. The molecule has 0 spiro atoms. The fraction of sp³-hybridized carbons (Fsp3) is 0.458. The number of nitrogens with zero attached hydrogens (tertiary/aromatic N) is 4. The Bertz CT molecular complexity index is 1190. The molecular formula is C24H28F3N5O2. The van der Waals surface area contributed by atoms with Crippen molar-refractivity contribution in [3.63, 3.8) is 0 Å². The Morgan fingerprint density at radius 3 is 2.47 bits per heavy atom. The van der Waals surface area contributed by atoms with E-state index < -0.39 is 23.1 Å². The lowest BCUT2D eigenvalue weighted by atomic mass is 9.95. The fourth-order valence-corrected chi connectivity index (χ4v) is 3.70.